The van der Waals surface area contributed by atoms with Crippen LogP contribution in [0.4, 0.5) is 0 Å². The van der Waals surface area contributed by atoms with Crippen molar-refractivity contribution in [3.63, 3.8) is 0 Å². The minimum absolute atomic E-state index is 0.139. The van der Waals surface area contributed by atoms with Crippen LogP contribution in [0.5, 0.6) is 0 Å². The van der Waals surface area contributed by atoms with Crippen molar-refractivity contribution < 1.29 is 20.1 Å². The van der Waals surface area contributed by atoms with Gasteiger partial charge in [-0.3, -0.25) is 0 Å². The van der Waals surface area contributed by atoms with Crippen LogP contribution in [0, 0.1) is 0 Å². The molecule has 0 aliphatic rings. The maximum atomic E-state index is 10.4. The molecule has 3 N–H and O–H groups in total. The number of halogens is 1. The Hall–Kier alpha value is -0.910. The highest BCUT2D eigenvalue weighted by Gasteiger charge is 2.04. The molecule has 84 valence electrons. The molecule has 15 heavy (non-hydrogen) atoms. The number of carboxylic acid groups (broad SMARTS) is 1. The van der Waals surface area contributed by atoms with Crippen molar-refractivity contribution in [2.75, 3.05) is 6.61 Å². The molecular weight excluding hydrogens is 264 g/mol. The smallest absolute Gasteiger partial charge is 0.336 e. The highest BCUT2D eigenvalue weighted by molar-refractivity contribution is 9.10. The van der Waals surface area contributed by atoms with E-state index in [0.717, 1.165) is 0 Å². The Kier molecular flexibility index (Phi) is 6.94. The van der Waals surface area contributed by atoms with Crippen LogP contribution < -0.4 is 0 Å². The van der Waals surface area contributed by atoms with Gasteiger partial charge in [-0.05, 0) is 35.0 Å². The van der Waals surface area contributed by atoms with Crippen molar-refractivity contribution in [1.82, 2.24) is 0 Å². The van der Waals surface area contributed by atoms with Gasteiger partial charge in [0.05, 0.1) is 18.3 Å². The summed E-state index contributed by atoms with van der Waals surface area (Å²) in [5, 5.41) is 24.5. The monoisotopic (exact) mass is 276 g/mol. The van der Waals surface area contributed by atoms with E-state index in [1.165, 1.54) is 6.92 Å². The van der Waals surface area contributed by atoms with Gasteiger partial charge in [0.25, 0.3) is 0 Å². The van der Waals surface area contributed by atoms with Gasteiger partial charge in [0.15, 0.2) is 0 Å². The van der Waals surface area contributed by atoms with Crippen LogP contribution in [-0.2, 0) is 0 Å². The minimum atomic E-state index is -0.910. The molecule has 0 saturated carbocycles. The zero-order valence-corrected chi connectivity index (χ0v) is 9.81. The summed E-state index contributed by atoms with van der Waals surface area (Å²) in [7, 11) is 0. The number of aromatic carboxylic acids is 1. The van der Waals surface area contributed by atoms with Crippen molar-refractivity contribution >= 4 is 21.9 Å². The molecule has 0 heterocycles. The van der Waals surface area contributed by atoms with Crippen molar-refractivity contribution in [3.05, 3.63) is 34.3 Å². The van der Waals surface area contributed by atoms with Gasteiger partial charge in [-0.25, -0.2) is 4.79 Å². The van der Waals surface area contributed by atoms with E-state index < -0.39 is 12.1 Å². The molecule has 1 rings (SSSR count). The van der Waals surface area contributed by atoms with Crippen LogP contribution in [0.1, 0.15) is 17.3 Å². The second-order valence-electron chi connectivity index (χ2n) is 2.82. The molecule has 0 saturated heterocycles. The summed E-state index contributed by atoms with van der Waals surface area (Å²) < 4.78 is 0.613. The highest BCUT2D eigenvalue weighted by atomic mass is 79.9. The summed E-state index contributed by atoms with van der Waals surface area (Å²) in [4.78, 5) is 10.4. The van der Waals surface area contributed by atoms with Crippen molar-refractivity contribution in [1.29, 1.82) is 0 Å². The van der Waals surface area contributed by atoms with E-state index in [0.29, 0.717) is 10.0 Å². The van der Waals surface area contributed by atoms with E-state index in [1.807, 2.05) is 0 Å². The molecule has 4 nitrogen and oxygen atoms in total. The van der Waals surface area contributed by atoms with E-state index in [4.69, 9.17) is 15.3 Å². The summed E-state index contributed by atoms with van der Waals surface area (Å²) in [6.45, 7) is 1.39. The number of carboxylic acids is 1. The molecule has 0 bridgehead atoms. The Morgan fingerprint density at radius 2 is 1.93 bits per heavy atom. The normalized spacial score (nSPS) is 11.2. The molecule has 0 aliphatic carbocycles. The second kappa shape index (κ2) is 7.39. The van der Waals surface area contributed by atoms with Crippen LogP contribution in [0.25, 0.3) is 0 Å². The van der Waals surface area contributed by atoms with E-state index in [9.17, 15) is 4.79 Å². The van der Waals surface area contributed by atoms with Gasteiger partial charge >= 0.3 is 5.97 Å². The standard InChI is InChI=1S/C7H5BrO2.C3H8O2/c8-6-4-2-1-3-5(6)7(9)10;1-3(5)2-4/h1-4H,(H,9,10);3-5H,2H2,1H3. The van der Waals surface area contributed by atoms with E-state index >= 15 is 0 Å². The first-order valence-electron chi connectivity index (χ1n) is 4.25. The Morgan fingerprint density at radius 3 is 2.20 bits per heavy atom. The Bertz CT molecular complexity index is 312. The quantitative estimate of drug-likeness (QED) is 0.765. The van der Waals surface area contributed by atoms with E-state index in [2.05, 4.69) is 15.9 Å². The molecule has 1 unspecified atom stereocenters. The fourth-order valence-corrected chi connectivity index (χ4v) is 1.09. The first-order chi connectivity index (χ1) is 6.99. The summed E-state index contributed by atoms with van der Waals surface area (Å²) in [6.07, 6.45) is -0.560. The van der Waals surface area contributed by atoms with Crippen molar-refractivity contribution in [2.24, 2.45) is 0 Å². The Balaban J connectivity index is 0.000000336. The third kappa shape index (κ3) is 6.22. The molecule has 0 amide bonds. The van der Waals surface area contributed by atoms with Gasteiger partial charge in [-0.2, -0.15) is 0 Å². The minimum Gasteiger partial charge on any atom is -0.478 e. The van der Waals surface area contributed by atoms with Crippen LogP contribution in [0.3, 0.4) is 0 Å². The van der Waals surface area contributed by atoms with Gasteiger partial charge in [0, 0.05) is 4.47 Å². The SMILES string of the molecule is CC(O)CO.O=C(O)c1ccccc1Br. The lowest BCUT2D eigenvalue weighted by molar-refractivity contribution is 0.0696. The Labute approximate surface area is 96.3 Å². The maximum Gasteiger partial charge on any atom is 0.336 e. The highest BCUT2D eigenvalue weighted by Crippen LogP contribution is 2.14. The molecule has 1 atom stereocenters. The molecule has 1 aromatic rings. The number of aliphatic hydroxyl groups excluding tert-OH is 2. The third-order valence-electron chi connectivity index (χ3n) is 1.37. The van der Waals surface area contributed by atoms with Crippen LogP contribution in [0.2, 0.25) is 0 Å². The zero-order valence-electron chi connectivity index (χ0n) is 8.22. The van der Waals surface area contributed by atoms with Gasteiger partial charge in [-0.1, -0.05) is 12.1 Å². The lowest BCUT2D eigenvalue weighted by Crippen LogP contribution is -2.03. The lowest BCUT2D eigenvalue weighted by Gasteiger charge is -1.94. The predicted octanol–water partition coefficient (Wildman–Crippen LogP) is 1.51. The summed E-state index contributed by atoms with van der Waals surface area (Å²) in [5.41, 5.74) is 0.294. The summed E-state index contributed by atoms with van der Waals surface area (Å²) >= 11 is 3.12. The number of hydrogen-bond acceptors (Lipinski definition) is 3. The Morgan fingerprint density at radius 1 is 1.47 bits per heavy atom. The first-order valence-corrected chi connectivity index (χ1v) is 5.05. The molecule has 0 aromatic heterocycles. The van der Waals surface area contributed by atoms with Crippen LogP contribution >= 0.6 is 15.9 Å². The number of carbonyl (C=O) groups is 1. The van der Waals surface area contributed by atoms with E-state index in [1.54, 1.807) is 24.3 Å². The van der Waals surface area contributed by atoms with Crippen LogP contribution in [-0.4, -0.2) is 34.0 Å². The average Bonchev–Trinajstić information content (AvgIpc) is 2.19. The number of hydrogen-bond donors (Lipinski definition) is 3. The van der Waals surface area contributed by atoms with Gasteiger partial charge in [0.2, 0.25) is 0 Å². The molecule has 1 aromatic carbocycles. The van der Waals surface area contributed by atoms with Gasteiger partial charge in [0.1, 0.15) is 0 Å². The number of rotatable bonds is 2. The average molecular weight is 277 g/mol. The van der Waals surface area contributed by atoms with Gasteiger partial charge in [-0.15, -0.1) is 0 Å². The molecule has 0 spiro atoms. The largest absolute Gasteiger partial charge is 0.478 e. The fourth-order valence-electron chi connectivity index (χ4n) is 0.635. The first kappa shape index (κ1) is 14.1. The predicted molar refractivity (Wildman–Crippen MR) is 59.9 cm³/mol. The van der Waals surface area contributed by atoms with Crippen molar-refractivity contribution in [3.8, 4) is 0 Å². The fraction of sp³-hybridized carbons (Fsp3) is 0.300. The third-order valence-corrected chi connectivity index (χ3v) is 2.06. The molecule has 5 heteroatoms. The second-order valence-corrected chi connectivity index (χ2v) is 3.67. The van der Waals surface area contributed by atoms with Gasteiger partial charge < -0.3 is 15.3 Å². The van der Waals surface area contributed by atoms with Crippen molar-refractivity contribution in [2.45, 2.75) is 13.0 Å². The topological polar surface area (TPSA) is 77.8 Å². The summed E-state index contributed by atoms with van der Waals surface area (Å²) in [5.74, 6) is -0.910. The van der Waals surface area contributed by atoms with Crippen LogP contribution in [0.15, 0.2) is 28.7 Å². The zero-order chi connectivity index (χ0) is 11.8. The number of benzene rings is 1. The molecular formula is C10H13BrO4. The number of aliphatic hydroxyl groups is 2. The molecule has 0 radical (unpaired) electrons. The molecule has 0 fully saturated rings. The lowest BCUT2D eigenvalue weighted by atomic mass is 10.2. The van der Waals surface area contributed by atoms with E-state index in [-0.39, 0.29) is 6.61 Å². The molecule has 0 aliphatic heterocycles. The summed E-state index contributed by atoms with van der Waals surface area (Å²) in [6, 6.07) is 6.71. The maximum absolute atomic E-state index is 10.4.